The van der Waals surface area contributed by atoms with E-state index in [0.717, 1.165) is 36.0 Å². The van der Waals surface area contributed by atoms with Gasteiger partial charge in [-0.05, 0) is 48.5 Å². The summed E-state index contributed by atoms with van der Waals surface area (Å²) in [5.41, 5.74) is -0.490. The van der Waals surface area contributed by atoms with Crippen LogP contribution in [0.4, 0.5) is 0 Å². The predicted octanol–water partition coefficient (Wildman–Crippen LogP) is 5.15. The zero-order valence-corrected chi connectivity index (χ0v) is 21.9. The number of sulfone groups is 1. The lowest BCUT2D eigenvalue weighted by atomic mass is 10.2. The van der Waals surface area contributed by atoms with Crippen molar-refractivity contribution >= 4 is 45.5 Å². The molecule has 0 bridgehead atoms. The molecule has 0 spiro atoms. The highest BCUT2D eigenvalue weighted by atomic mass is 32.2. The first-order valence-electron chi connectivity index (χ1n) is 11.2. The van der Waals surface area contributed by atoms with Gasteiger partial charge in [0.1, 0.15) is 0 Å². The van der Waals surface area contributed by atoms with E-state index in [1.165, 1.54) is 36.4 Å². The van der Waals surface area contributed by atoms with Gasteiger partial charge in [-0.1, -0.05) is 60.3 Å². The van der Waals surface area contributed by atoms with Crippen LogP contribution in [0.25, 0.3) is 0 Å². The van der Waals surface area contributed by atoms with Crippen molar-refractivity contribution in [2.75, 3.05) is 0 Å². The van der Waals surface area contributed by atoms with Crippen LogP contribution >= 0.6 is 11.8 Å². The van der Waals surface area contributed by atoms with E-state index in [9.17, 15) is 27.6 Å². The molecular weight excluding hydrogens is 560 g/mol. The second-order valence-electron chi connectivity index (χ2n) is 7.81. The van der Waals surface area contributed by atoms with E-state index in [-0.39, 0.29) is 11.1 Å². The summed E-state index contributed by atoms with van der Waals surface area (Å²) >= 11 is 1.14. The number of carbonyl (C=O) groups is 4. The maximum absolute atomic E-state index is 12.6. The number of carboxylic acids is 4. The fourth-order valence-electron chi connectivity index (χ4n) is 3.46. The van der Waals surface area contributed by atoms with E-state index in [4.69, 9.17) is 20.4 Å². The van der Waals surface area contributed by atoms with Gasteiger partial charge in [-0.15, -0.1) is 0 Å². The molecule has 40 heavy (non-hydrogen) atoms. The monoisotopic (exact) mass is 580 g/mol. The molecule has 0 fully saturated rings. The number of rotatable bonds is 8. The highest BCUT2D eigenvalue weighted by molar-refractivity contribution is 7.99. The minimum atomic E-state index is -4.25. The average molecular weight is 581 g/mol. The van der Waals surface area contributed by atoms with Gasteiger partial charge in [-0.2, -0.15) is 0 Å². The molecule has 10 nitrogen and oxygen atoms in total. The van der Waals surface area contributed by atoms with Crippen molar-refractivity contribution in [2.24, 2.45) is 0 Å². The van der Waals surface area contributed by atoms with Gasteiger partial charge in [0.2, 0.25) is 9.84 Å². The molecule has 4 rings (SSSR count). The van der Waals surface area contributed by atoms with Crippen LogP contribution in [-0.4, -0.2) is 52.7 Å². The molecule has 4 N–H and O–H groups in total. The Morgan fingerprint density at radius 3 is 1.05 bits per heavy atom. The summed E-state index contributed by atoms with van der Waals surface area (Å²) in [6.45, 7) is 0. The maximum Gasteiger partial charge on any atom is 0.337 e. The minimum Gasteiger partial charge on any atom is -0.478 e. The number of aromatic carboxylic acids is 4. The largest absolute Gasteiger partial charge is 0.478 e. The summed E-state index contributed by atoms with van der Waals surface area (Å²) in [6, 6.07) is 23.1. The molecule has 0 aliphatic rings. The van der Waals surface area contributed by atoms with Crippen molar-refractivity contribution in [3.05, 3.63) is 119 Å². The highest BCUT2D eigenvalue weighted by Gasteiger charge is 2.28. The molecule has 0 saturated heterocycles. The molecule has 0 aliphatic heterocycles. The van der Waals surface area contributed by atoms with Crippen molar-refractivity contribution < 1.29 is 48.0 Å². The highest BCUT2D eigenvalue weighted by Crippen LogP contribution is 2.33. The third kappa shape index (κ3) is 6.73. The van der Waals surface area contributed by atoms with E-state index >= 15 is 0 Å². The summed E-state index contributed by atoms with van der Waals surface area (Å²) in [7, 11) is -4.25. The number of carboxylic acid groups (broad SMARTS) is 4. The Morgan fingerprint density at radius 1 is 0.450 bits per heavy atom. The lowest BCUT2D eigenvalue weighted by Crippen LogP contribution is -2.13. The summed E-state index contributed by atoms with van der Waals surface area (Å²) in [4.78, 5) is 44.6. The van der Waals surface area contributed by atoms with E-state index in [2.05, 4.69) is 0 Å². The van der Waals surface area contributed by atoms with Crippen molar-refractivity contribution in [3.63, 3.8) is 0 Å². The van der Waals surface area contributed by atoms with E-state index < -0.39 is 54.6 Å². The van der Waals surface area contributed by atoms with Gasteiger partial charge < -0.3 is 20.4 Å². The van der Waals surface area contributed by atoms with E-state index in [1.54, 1.807) is 36.4 Å². The van der Waals surface area contributed by atoms with Crippen LogP contribution in [0.3, 0.4) is 0 Å². The Labute approximate surface area is 232 Å². The lowest BCUT2D eigenvalue weighted by Gasteiger charge is -2.10. The normalized spacial score (nSPS) is 10.6. The molecule has 0 aromatic heterocycles. The van der Waals surface area contributed by atoms with Crippen molar-refractivity contribution in [1.29, 1.82) is 0 Å². The molecule has 0 radical (unpaired) electrons. The average Bonchev–Trinajstić information content (AvgIpc) is 2.93. The van der Waals surface area contributed by atoms with Crippen LogP contribution in [-0.2, 0) is 9.84 Å². The summed E-state index contributed by atoms with van der Waals surface area (Å²) < 4.78 is 25.1. The number of hydrogen-bond donors (Lipinski definition) is 4. The van der Waals surface area contributed by atoms with Gasteiger partial charge in [-0.25, -0.2) is 27.6 Å². The van der Waals surface area contributed by atoms with Gasteiger partial charge in [0.15, 0.2) is 0 Å². The topological polar surface area (TPSA) is 183 Å². The van der Waals surface area contributed by atoms with Gasteiger partial charge in [0.25, 0.3) is 0 Å². The summed E-state index contributed by atoms with van der Waals surface area (Å²) in [6.07, 6.45) is 0. The summed E-state index contributed by atoms with van der Waals surface area (Å²) in [5, 5.41) is 36.3. The second kappa shape index (κ2) is 12.7. The molecule has 0 saturated carbocycles. The Balaban J connectivity index is 0.000000222. The first kappa shape index (κ1) is 29.6. The molecule has 0 unspecified atom stereocenters. The Hall–Kier alpha value is -4.94. The predicted molar refractivity (Wildman–Crippen MR) is 143 cm³/mol. The van der Waals surface area contributed by atoms with E-state index in [1.807, 2.05) is 0 Å². The standard InChI is InChI=1S/C14H10O6S.C14H10O4S/c15-13(16)9-5-1-3-7-11(9)21(19,20)12-8-4-2-6-10(12)14(17)18;15-13(16)9-5-1-3-7-11(9)19-12-8-4-2-6-10(12)14(17)18/h1-8H,(H,15,16)(H,17,18);1-8H,(H,15,16)(H,17,18). The first-order valence-corrected chi connectivity index (χ1v) is 13.5. The van der Waals surface area contributed by atoms with Crippen molar-refractivity contribution in [3.8, 4) is 0 Å². The van der Waals surface area contributed by atoms with Gasteiger partial charge >= 0.3 is 23.9 Å². The van der Waals surface area contributed by atoms with Gasteiger partial charge in [-0.3, -0.25) is 0 Å². The Kier molecular flexibility index (Phi) is 9.43. The molecule has 204 valence electrons. The van der Waals surface area contributed by atoms with Gasteiger partial charge in [0.05, 0.1) is 32.0 Å². The minimum absolute atomic E-state index is 0.160. The maximum atomic E-state index is 12.6. The fraction of sp³-hybridized carbons (Fsp3) is 0. The van der Waals surface area contributed by atoms with Crippen LogP contribution in [0.2, 0.25) is 0 Å². The smallest absolute Gasteiger partial charge is 0.337 e. The molecule has 0 amide bonds. The Bertz CT molecular complexity index is 1590. The molecule has 4 aromatic rings. The molecule has 12 heteroatoms. The first-order chi connectivity index (χ1) is 18.9. The third-order valence-electron chi connectivity index (χ3n) is 5.27. The zero-order chi connectivity index (χ0) is 29.4. The van der Waals surface area contributed by atoms with Crippen LogP contribution in [0.5, 0.6) is 0 Å². The molecule has 0 atom stereocenters. The number of hydrogen-bond acceptors (Lipinski definition) is 7. The second-order valence-corrected chi connectivity index (χ2v) is 10.8. The third-order valence-corrected chi connectivity index (χ3v) is 8.29. The molecule has 0 aliphatic carbocycles. The zero-order valence-electron chi connectivity index (χ0n) is 20.3. The van der Waals surface area contributed by atoms with Gasteiger partial charge in [0, 0.05) is 9.79 Å². The van der Waals surface area contributed by atoms with Crippen LogP contribution in [0, 0.1) is 0 Å². The fourth-order valence-corrected chi connectivity index (χ4v) is 6.16. The van der Waals surface area contributed by atoms with Crippen LogP contribution < -0.4 is 0 Å². The lowest BCUT2D eigenvalue weighted by molar-refractivity contribution is 0.0681. The molecular formula is C28H20O10S2. The van der Waals surface area contributed by atoms with Crippen LogP contribution in [0.15, 0.2) is 117 Å². The Morgan fingerprint density at radius 2 is 0.725 bits per heavy atom. The SMILES string of the molecule is O=C(O)c1ccccc1S(=O)(=O)c1ccccc1C(=O)O.O=C(O)c1ccccc1Sc1ccccc1C(=O)O. The quantitative estimate of drug-likeness (QED) is 0.216. The van der Waals surface area contributed by atoms with Crippen molar-refractivity contribution in [1.82, 2.24) is 0 Å². The van der Waals surface area contributed by atoms with Crippen LogP contribution in [0.1, 0.15) is 41.4 Å². The summed E-state index contributed by atoms with van der Waals surface area (Å²) in [5.74, 6) is -4.87. The van der Waals surface area contributed by atoms with Crippen molar-refractivity contribution in [2.45, 2.75) is 19.6 Å². The molecule has 4 aromatic carbocycles. The number of benzene rings is 4. The molecule has 0 heterocycles. The van der Waals surface area contributed by atoms with E-state index in [0.29, 0.717) is 9.79 Å².